The zero-order chi connectivity index (χ0) is 15.4. The second-order valence-corrected chi connectivity index (χ2v) is 6.11. The number of amides is 1. The molecular formula is C17H27N3O. The van der Waals surface area contributed by atoms with E-state index in [1.807, 2.05) is 24.3 Å². The minimum Gasteiger partial charge on any atom is -0.399 e. The first-order chi connectivity index (χ1) is 10.0. The van der Waals surface area contributed by atoms with Gasteiger partial charge in [0.05, 0.1) is 6.04 Å². The highest BCUT2D eigenvalue weighted by Gasteiger charge is 2.33. The fourth-order valence-corrected chi connectivity index (χ4v) is 3.38. The topological polar surface area (TPSA) is 58.4 Å². The van der Waals surface area contributed by atoms with E-state index in [-0.39, 0.29) is 11.9 Å². The number of carbonyl (C=O) groups excluding carboxylic acids is 1. The zero-order valence-corrected chi connectivity index (χ0v) is 13.3. The predicted molar refractivity (Wildman–Crippen MR) is 88.2 cm³/mol. The van der Waals surface area contributed by atoms with Crippen LogP contribution in [0.5, 0.6) is 0 Å². The van der Waals surface area contributed by atoms with Crippen molar-refractivity contribution in [2.45, 2.75) is 64.6 Å². The summed E-state index contributed by atoms with van der Waals surface area (Å²) in [7, 11) is 0. The van der Waals surface area contributed by atoms with Gasteiger partial charge in [-0.05, 0) is 57.4 Å². The first-order valence-corrected chi connectivity index (χ1v) is 7.96. The Balaban J connectivity index is 2.08. The van der Waals surface area contributed by atoms with Crippen molar-refractivity contribution in [3.05, 3.63) is 24.3 Å². The van der Waals surface area contributed by atoms with E-state index in [2.05, 4.69) is 31.0 Å². The smallest absolute Gasteiger partial charge is 0.241 e. The lowest BCUT2D eigenvalue weighted by atomic mass is 9.94. The molecule has 1 saturated heterocycles. The van der Waals surface area contributed by atoms with Crippen molar-refractivity contribution in [2.24, 2.45) is 0 Å². The number of nitrogens with one attached hydrogen (secondary N) is 1. The summed E-state index contributed by atoms with van der Waals surface area (Å²) in [6, 6.07) is 8.19. The first-order valence-electron chi connectivity index (χ1n) is 7.96. The molecule has 116 valence electrons. The van der Waals surface area contributed by atoms with E-state index < -0.39 is 0 Å². The van der Waals surface area contributed by atoms with E-state index in [0.717, 1.165) is 12.1 Å². The Morgan fingerprint density at radius 3 is 2.38 bits per heavy atom. The Kier molecular flexibility index (Phi) is 5.23. The molecule has 0 spiro atoms. The number of carbonyl (C=O) groups is 1. The van der Waals surface area contributed by atoms with Crippen LogP contribution in [-0.2, 0) is 4.79 Å². The third-order valence-electron chi connectivity index (χ3n) is 4.49. The van der Waals surface area contributed by atoms with Gasteiger partial charge in [0, 0.05) is 23.5 Å². The summed E-state index contributed by atoms with van der Waals surface area (Å²) in [4.78, 5) is 15.0. The maximum absolute atomic E-state index is 12.6. The molecule has 1 fully saturated rings. The van der Waals surface area contributed by atoms with Crippen LogP contribution >= 0.6 is 0 Å². The Morgan fingerprint density at radius 2 is 1.86 bits per heavy atom. The molecule has 1 amide bonds. The summed E-state index contributed by atoms with van der Waals surface area (Å²) in [5.41, 5.74) is 7.19. The van der Waals surface area contributed by atoms with Crippen LogP contribution in [0.1, 0.15) is 46.5 Å². The molecule has 0 bridgehead atoms. The molecule has 1 aliphatic heterocycles. The van der Waals surface area contributed by atoms with Gasteiger partial charge in [0.2, 0.25) is 5.91 Å². The summed E-state index contributed by atoms with van der Waals surface area (Å²) in [5, 5.41) is 3.02. The Labute approximate surface area is 127 Å². The molecule has 0 aromatic heterocycles. The maximum Gasteiger partial charge on any atom is 0.241 e. The minimum atomic E-state index is -0.0622. The average molecular weight is 289 g/mol. The SMILES string of the molecule is CCC(C(=O)Nc1ccc(N)cc1)N1C(C)CCCC1C. The van der Waals surface area contributed by atoms with Gasteiger partial charge < -0.3 is 11.1 Å². The molecule has 4 heteroatoms. The van der Waals surface area contributed by atoms with Gasteiger partial charge in [0.1, 0.15) is 0 Å². The van der Waals surface area contributed by atoms with Crippen LogP contribution in [0.15, 0.2) is 24.3 Å². The van der Waals surface area contributed by atoms with Crippen molar-refractivity contribution in [1.82, 2.24) is 4.90 Å². The number of piperidine rings is 1. The van der Waals surface area contributed by atoms with Gasteiger partial charge in [-0.1, -0.05) is 13.3 Å². The molecule has 3 atom stereocenters. The van der Waals surface area contributed by atoms with E-state index in [0.29, 0.717) is 17.8 Å². The van der Waals surface area contributed by atoms with Crippen LogP contribution in [-0.4, -0.2) is 28.9 Å². The van der Waals surface area contributed by atoms with Crippen LogP contribution in [0.2, 0.25) is 0 Å². The van der Waals surface area contributed by atoms with Gasteiger partial charge in [-0.15, -0.1) is 0 Å². The van der Waals surface area contributed by atoms with E-state index in [1.54, 1.807) is 0 Å². The summed E-state index contributed by atoms with van der Waals surface area (Å²) in [6.45, 7) is 6.55. The lowest BCUT2D eigenvalue weighted by molar-refractivity contribution is -0.124. The number of rotatable bonds is 4. The lowest BCUT2D eigenvalue weighted by Crippen LogP contribution is -2.54. The molecule has 1 aromatic carbocycles. The van der Waals surface area contributed by atoms with Gasteiger partial charge >= 0.3 is 0 Å². The van der Waals surface area contributed by atoms with Crippen molar-refractivity contribution >= 4 is 17.3 Å². The minimum absolute atomic E-state index is 0.0622. The van der Waals surface area contributed by atoms with Crippen LogP contribution in [0, 0.1) is 0 Å². The average Bonchev–Trinajstić information content (AvgIpc) is 2.45. The van der Waals surface area contributed by atoms with Gasteiger partial charge in [0.25, 0.3) is 0 Å². The Morgan fingerprint density at radius 1 is 1.29 bits per heavy atom. The zero-order valence-electron chi connectivity index (χ0n) is 13.3. The summed E-state index contributed by atoms with van der Waals surface area (Å²) >= 11 is 0. The van der Waals surface area contributed by atoms with Crippen LogP contribution in [0.4, 0.5) is 11.4 Å². The first kappa shape index (κ1) is 15.8. The third-order valence-corrected chi connectivity index (χ3v) is 4.49. The highest BCUT2D eigenvalue weighted by atomic mass is 16.2. The number of nitrogens with zero attached hydrogens (tertiary/aromatic N) is 1. The molecular weight excluding hydrogens is 262 g/mol. The molecule has 4 nitrogen and oxygen atoms in total. The predicted octanol–water partition coefficient (Wildman–Crippen LogP) is 3.25. The highest BCUT2D eigenvalue weighted by Crippen LogP contribution is 2.26. The number of benzene rings is 1. The number of nitrogen functional groups attached to an aromatic ring is 1. The highest BCUT2D eigenvalue weighted by molar-refractivity contribution is 5.95. The van der Waals surface area contributed by atoms with E-state index >= 15 is 0 Å². The number of hydrogen-bond acceptors (Lipinski definition) is 3. The number of nitrogens with two attached hydrogens (primary N) is 1. The number of anilines is 2. The van der Waals surface area contributed by atoms with Crippen molar-refractivity contribution < 1.29 is 4.79 Å². The molecule has 1 aromatic rings. The molecule has 21 heavy (non-hydrogen) atoms. The fourth-order valence-electron chi connectivity index (χ4n) is 3.38. The van der Waals surface area contributed by atoms with Gasteiger partial charge in [-0.2, -0.15) is 0 Å². The van der Waals surface area contributed by atoms with Gasteiger partial charge in [-0.3, -0.25) is 9.69 Å². The molecule has 1 heterocycles. The maximum atomic E-state index is 12.6. The molecule has 3 unspecified atom stereocenters. The molecule has 1 aliphatic rings. The molecule has 0 radical (unpaired) electrons. The second kappa shape index (κ2) is 6.94. The quantitative estimate of drug-likeness (QED) is 0.837. The number of hydrogen-bond donors (Lipinski definition) is 2. The van der Waals surface area contributed by atoms with Gasteiger partial charge in [0.15, 0.2) is 0 Å². The number of likely N-dealkylation sites (tertiary alicyclic amines) is 1. The molecule has 0 aliphatic carbocycles. The summed E-state index contributed by atoms with van der Waals surface area (Å²) in [5.74, 6) is 0.0860. The summed E-state index contributed by atoms with van der Waals surface area (Å²) < 4.78 is 0. The van der Waals surface area contributed by atoms with Crippen LogP contribution in [0.3, 0.4) is 0 Å². The molecule has 3 N–H and O–H groups in total. The largest absolute Gasteiger partial charge is 0.399 e. The summed E-state index contributed by atoms with van der Waals surface area (Å²) in [6.07, 6.45) is 4.44. The van der Waals surface area contributed by atoms with Crippen LogP contribution < -0.4 is 11.1 Å². The van der Waals surface area contributed by atoms with Crippen molar-refractivity contribution in [2.75, 3.05) is 11.1 Å². The Hall–Kier alpha value is -1.55. The normalized spacial score (nSPS) is 24.5. The van der Waals surface area contributed by atoms with Crippen molar-refractivity contribution in [3.8, 4) is 0 Å². The van der Waals surface area contributed by atoms with E-state index in [1.165, 1.54) is 19.3 Å². The van der Waals surface area contributed by atoms with Crippen LogP contribution in [0.25, 0.3) is 0 Å². The van der Waals surface area contributed by atoms with E-state index in [4.69, 9.17) is 5.73 Å². The van der Waals surface area contributed by atoms with Crippen molar-refractivity contribution in [3.63, 3.8) is 0 Å². The fraction of sp³-hybridized carbons (Fsp3) is 0.588. The third kappa shape index (κ3) is 3.76. The Bertz CT molecular complexity index is 461. The monoisotopic (exact) mass is 289 g/mol. The second-order valence-electron chi connectivity index (χ2n) is 6.11. The molecule has 0 saturated carbocycles. The van der Waals surface area contributed by atoms with Gasteiger partial charge in [-0.25, -0.2) is 0 Å². The van der Waals surface area contributed by atoms with Crippen molar-refractivity contribution in [1.29, 1.82) is 0 Å². The standard InChI is InChI=1S/C17H27N3O/c1-4-16(20-12(2)6-5-7-13(20)3)17(21)19-15-10-8-14(18)9-11-15/h8-13,16H,4-7,18H2,1-3H3,(H,19,21). The lowest BCUT2D eigenvalue weighted by Gasteiger charge is -2.43. The molecule has 2 rings (SSSR count). The van der Waals surface area contributed by atoms with E-state index in [9.17, 15) is 4.79 Å².